The molecular weight excluding hydrogens is 660 g/mol. The van der Waals surface area contributed by atoms with E-state index in [1.54, 1.807) is 87.0 Å². The molecule has 2 fully saturated rings. The van der Waals surface area contributed by atoms with Gasteiger partial charge in [-0.15, -0.1) is 0 Å². The Bertz CT molecular complexity index is 1400. The van der Waals surface area contributed by atoms with E-state index >= 15 is 0 Å². The zero-order valence-electron chi connectivity index (χ0n) is 31.6. The first-order valence-corrected chi connectivity index (χ1v) is 17.5. The molecule has 2 aliphatic rings. The number of aliphatic hydroxyl groups excluding tert-OH is 1. The summed E-state index contributed by atoms with van der Waals surface area (Å²) in [5.41, 5.74) is -2.39. The maximum Gasteiger partial charge on any atom is 0.311 e. The number of aliphatic hydroxyl groups is 2. The minimum absolute atomic E-state index is 0.0622. The van der Waals surface area contributed by atoms with Crippen LogP contribution in [0.2, 0.25) is 0 Å². The zero-order valence-corrected chi connectivity index (χ0v) is 31.6. The van der Waals surface area contributed by atoms with Crippen LogP contribution in [0.25, 0.3) is 0 Å². The van der Waals surface area contributed by atoms with E-state index < -0.39 is 70.6 Å². The van der Waals surface area contributed by atoms with Gasteiger partial charge in [0.1, 0.15) is 23.2 Å². The van der Waals surface area contributed by atoms with Crippen molar-refractivity contribution in [3.63, 3.8) is 0 Å². The van der Waals surface area contributed by atoms with Crippen LogP contribution in [-0.4, -0.2) is 93.0 Å². The first kappa shape index (κ1) is 40.5. The average Bonchev–Trinajstić information content (AvgIpc) is 3.55. The second kappa shape index (κ2) is 16.2. The number of carbonyl (C=O) groups excluding carboxylic acids is 2. The van der Waals surface area contributed by atoms with E-state index in [0.717, 1.165) is 0 Å². The van der Waals surface area contributed by atoms with Crippen molar-refractivity contribution in [1.29, 1.82) is 0 Å². The van der Waals surface area contributed by atoms with Crippen LogP contribution in [0.5, 0.6) is 11.5 Å². The Kier molecular flexibility index (Phi) is 12.9. The predicted molar refractivity (Wildman–Crippen MR) is 187 cm³/mol. The standard InChI is InChI=1S/C39H56O12/c1-11-46-24(2)50-32-20-31(40)29(21-47-34(41)36(3,4)5)30(22-48-35(42)37(6,7)8)38(32,43)33-23-49-39(51-33,25-12-16-27(44-9)17-13-25)26-14-18-28(45-10)19-15-26/h12-19,24,29-33,40,43H,11,20-23H2,1-10H3/t24?,29-,30+,31+,32-,33+,38-/m1/s1. The van der Waals surface area contributed by atoms with Crippen LogP contribution in [0.15, 0.2) is 48.5 Å². The van der Waals surface area contributed by atoms with E-state index in [-0.39, 0.29) is 26.2 Å². The van der Waals surface area contributed by atoms with Gasteiger partial charge in [-0.1, -0.05) is 0 Å². The molecule has 0 bridgehead atoms. The number of esters is 2. The summed E-state index contributed by atoms with van der Waals surface area (Å²) in [4.78, 5) is 26.1. The van der Waals surface area contributed by atoms with Crippen molar-refractivity contribution in [3.8, 4) is 11.5 Å². The van der Waals surface area contributed by atoms with Crippen LogP contribution in [-0.2, 0) is 43.8 Å². The molecule has 1 saturated carbocycles. The highest BCUT2D eigenvalue weighted by molar-refractivity contribution is 5.75. The van der Waals surface area contributed by atoms with Gasteiger partial charge in [0.25, 0.3) is 0 Å². The molecular formula is C39H56O12. The lowest BCUT2D eigenvalue weighted by atomic mass is 9.64. The van der Waals surface area contributed by atoms with Crippen molar-refractivity contribution in [1.82, 2.24) is 0 Å². The summed E-state index contributed by atoms with van der Waals surface area (Å²) in [6, 6.07) is 14.4. The van der Waals surface area contributed by atoms with Crippen molar-refractivity contribution >= 4 is 11.9 Å². The number of hydrogen-bond donors (Lipinski definition) is 2. The summed E-state index contributed by atoms with van der Waals surface area (Å²) in [6.07, 6.45) is -4.15. The van der Waals surface area contributed by atoms with E-state index in [9.17, 15) is 19.8 Å². The average molecular weight is 717 g/mol. The largest absolute Gasteiger partial charge is 0.497 e. The van der Waals surface area contributed by atoms with E-state index in [0.29, 0.717) is 29.2 Å². The Balaban J connectivity index is 1.85. The molecule has 0 radical (unpaired) electrons. The van der Waals surface area contributed by atoms with Crippen LogP contribution in [0.3, 0.4) is 0 Å². The third kappa shape index (κ3) is 8.86. The molecule has 1 heterocycles. The van der Waals surface area contributed by atoms with Gasteiger partial charge in [-0.2, -0.15) is 0 Å². The lowest BCUT2D eigenvalue weighted by molar-refractivity contribution is -0.293. The molecule has 0 aromatic heterocycles. The third-order valence-corrected chi connectivity index (χ3v) is 9.56. The maximum absolute atomic E-state index is 13.3. The third-order valence-electron chi connectivity index (χ3n) is 9.56. The Labute approximate surface area is 301 Å². The molecule has 1 unspecified atom stereocenters. The molecule has 0 spiro atoms. The molecule has 12 heteroatoms. The topological polar surface area (TPSA) is 148 Å². The minimum Gasteiger partial charge on any atom is -0.497 e. The number of benzene rings is 2. The van der Waals surface area contributed by atoms with Crippen LogP contribution in [0, 0.1) is 22.7 Å². The van der Waals surface area contributed by atoms with Gasteiger partial charge < -0.3 is 48.1 Å². The smallest absolute Gasteiger partial charge is 0.311 e. The number of hydrogen-bond acceptors (Lipinski definition) is 12. The van der Waals surface area contributed by atoms with Crippen molar-refractivity contribution in [2.45, 2.75) is 97.8 Å². The Hall–Kier alpha value is -3.26. The summed E-state index contributed by atoms with van der Waals surface area (Å²) in [5, 5.41) is 24.9. The molecule has 7 atom stereocenters. The Morgan fingerprint density at radius 1 is 0.863 bits per heavy atom. The normalized spacial score (nSPS) is 27.0. The molecule has 1 aliphatic heterocycles. The summed E-state index contributed by atoms with van der Waals surface area (Å²) in [6.45, 7) is 13.5. The number of rotatable bonds is 13. The zero-order chi connectivity index (χ0) is 37.8. The van der Waals surface area contributed by atoms with Gasteiger partial charge in [0.15, 0.2) is 6.29 Å². The Morgan fingerprint density at radius 2 is 1.35 bits per heavy atom. The molecule has 51 heavy (non-hydrogen) atoms. The Morgan fingerprint density at radius 3 is 1.80 bits per heavy atom. The summed E-state index contributed by atoms with van der Waals surface area (Å²) < 4.78 is 48.0. The van der Waals surface area contributed by atoms with Crippen LogP contribution in [0.4, 0.5) is 0 Å². The van der Waals surface area contributed by atoms with Gasteiger partial charge in [-0.05, 0) is 104 Å². The number of carbonyl (C=O) groups is 2. The highest BCUT2D eigenvalue weighted by Crippen LogP contribution is 2.50. The molecule has 2 aromatic rings. The fourth-order valence-electron chi connectivity index (χ4n) is 6.58. The number of methoxy groups -OCH3 is 2. The van der Waals surface area contributed by atoms with Crippen molar-refractivity contribution in [2.24, 2.45) is 22.7 Å². The lowest BCUT2D eigenvalue weighted by Gasteiger charge is -2.53. The fraction of sp³-hybridized carbons (Fsp3) is 0.641. The molecule has 1 saturated heterocycles. The van der Waals surface area contributed by atoms with Crippen LogP contribution in [0.1, 0.15) is 72.9 Å². The first-order valence-electron chi connectivity index (χ1n) is 17.5. The van der Waals surface area contributed by atoms with Gasteiger partial charge in [0, 0.05) is 36.0 Å². The highest BCUT2D eigenvalue weighted by Gasteiger charge is 2.64. The van der Waals surface area contributed by atoms with Crippen molar-refractivity contribution in [3.05, 3.63) is 59.7 Å². The molecule has 0 amide bonds. The quantitative estimate of drug-likeness (QED) is 0.213. The SMILES string of the molecule is CCOC(C)O[C@@H]1C[C@H](O)[C@H](COC(=O)C(C)(C)C)[C@H](COC(=O)C(C)(C)C)[C@]1(O)[C@@H]1COC(c2ccc(OC)cc2)(c2ccc(OC)cc2)O1. The van der Waals surface area contributed by atoms with Crippen molar-refractivity contribution < 1.29 is 57.7 Å². The minimum atomic E-state index is -1.97. The first-order chi connectivity index (χ1) is 23.9. The van der Waals surface area contributed by atoms with Gasteiger partial charge in [-0.3, -0.25) is 9.59 Å². The maximum atomic E-state index is 13.3. The molecule has 12 nitrogen and oxygen atoms in total. The molecule has 284 valence electrons. The predicted octanol–water partition coefficient (Wildman–Crippen LogP) is 4.99. The van der Waals surface area contributed by atoms with E-state index in [1.165, 1.54) is 0 Å². The van der Waals surface area contributed by atoms with Crippen LogP contribution < -0.4 is 9.47 Å². The van der Waals surface area contributed by atoms with Crippen LogP contribution >= 0.6 is 0 Å². The monoisotopic (exact) mass is 716 g/mol. The van der Waals surface area contributed by atoms with Gasteiger partial charge in [0.2, 0.25) is 5.79 Å². The summed E-state index contributed by atoms with van der Waals surface area (Å²) >= 11 is 0. The summed E-state index contributed by atoms with van der Waals surface area (Å²) in [5.74, 6) is -3.16. The number of ether oxygens (including phenoxy) is 8. The second-order valence-corrected chi connectivity index (χ2v) is 15.3. The molecule has 2 aromatic carbocycles. The van der Waals surface area contributed by atoms with E-state index in [4.69, 9.17) is 37.9 Å². The van der Waals surface area contributed by atoms with Gasteiger partial charge in [0.05, 0.1) is 57.1 Å². The molecule has 1 aliphatic carbocycles. The highest BCUT2D eigenvalue weighted by atomic mass is 16.8. The van der Waals surface area contributed by atoms with Gasteiger partial charge in [-0.25, -0.2) is 0 Å². The lowest BCUT2D eigenvalue weighted by Crippen LogP contribution is -2.68. The summed E-state index contributed by atoms with van der Waals surface area (Å²) in [7, 11) is 3.15. The second-order valence-electron chi connectivity index (χ2n) is 15.3. The van der Waals surface area contributed by atoms with Crippen molar-refractivity contribution in [2.75, 3.05) is 40.6 Å². The molecule has 4 rings (SSSR count). The van der Waals surface area contributed by atoms with E-state index in [1.807, 2.05) is 31.2 Å². The van der Waals surface area contributed by atoms with E-state index in [2.05, 4.69) is 0 Å². The fourth-order valence-corrected chi connectivity index (χ4v) is 6.58. The van der Waals surface area contributed by atoms with Gasteiger partial charge >= 0.3 is 11.9 Å². The molecule has 2 N–H and O–H groups in total.